The van der Waals surface area contributed by atoms with Gasteiger partial charge in [-0.2, -0.15) is 0 Å². The van der Waals surface area contributed by atoms with Gasteiger partial charge in [0.1, 0.15) is 12.7 Å². The molecule has 134 heavy (non-hydrogen) atoms. The van der Waals surface area contributed by atoms with Gasteiger partial charge in [0.05, 0.1) is 61.6 Å². The van der Waals surface area contributed by atoms with Crippen LogP contribution in [0.15, 0.2) is 30.3 Å². The lowest BCUT2D eigenvalue weighted by atomic mass is 9.72. The number of fused-ring (bicyclic) bond motifs is 14. The molecule has 12 bridgehead atoms. The van der Waals surface area contributed by atoms with E-state index in [9.17, 15) is 168 Å². The number of cyclic esters (lactones) is 2. The molecule has 20 rings (SSSR count). The molecule has 0 amide bonds. The average Bonchev–Trinajstić information content (AvgIpc) is 0.999. The third-order valence-electron chi connectivity index (χ3n) is 23.5. The quantitative estimate of drug-likeness (QED) is 0.0637. The van der Waals surface area contributed by atoms with Gasteiger partial charge in [-0.05, 0) is 30.3 Å². The van der Waals surface area contributed by atoms with Crippen LogP contribution in [0.4, 0.5) is 0 Å². The summed E-state index contributed by atoms with van der Waals surface area (Å²) in [5.74, 6) is -91.4. The molecule has 10 aromatic rings. The maximum absolute atomic E-state index is 16.8. The van der Waals surface area contributed by atoms with Gasteiger partial charge in [-0.1, -0.05) is 0 Å². The SMILES string of the molecule is O=C1OCC2(O)OC(=O)c3cc(O)c(O)c(O)c3-c3c(O)c(O)c(O)c4c3C(=O)OC(C3OC(=O)c5c-4c(O)c(O)c(O)c5C3c3c(O)c(O)c(O)c4c3C(=O)OCC3OC(=O)c5cc(O)c(O)c(O)c5-c5c(O)c(O)c(O)c6c5C(=O)OC(C3OC(=O)c3cc(O)c(O)c(O)c3-4)C3OC(=O)c4c-6c(O)c(O)c(O)c4C3O)C2OC(=O)c2cc(O)c(O)c(O)c2-c2c1cc(O)c(O)c2O. The molecule has 690 valence electrons. The van der Waals surface area contributed by atoms with E-state index in [0.29, 0.717) is 0 Å². The normalized spacial score (nSPS) is 21.3. The van der Waals surface area contributed by atoms with Crippen molar-refractivity contribution in [2.24, 2.45) is 0 Å². The Hall–Kier alpha value is -19.2. The maximum atomic E-state index is 16.8. The van der Waals surface area contributed by atoms with Crippen molar-refractivity contribution < 1.29 is 259 Å². The zero-order valence-corrected chi connectivity index (χ0v) is 65.0. The van der Waals surface area contributed by atoms with Crippen molar-refractivity contribution in [1.82, 2.24) is 0 Å². The lowest BCUT2D eigenvalue weighted by Gasteiger charge is -2.44. The summed E-state index contributed by atoms with van der Waals surface area (Å²) in [5.41, 5.74) is -44.1. The second kappa shape index (κ2) is 28.4. The highest BCUT2D eigenvalue weighted by Crippen LogP contribution is 2.68. The van der Waals surface area contributed by atoms with E-state index in [2.05, 4.69) is 0 Å². The Morgan fingerprint density at radius 3 is 0.896 bits per heavy atom. The molecule has 52 heteroatoms. The Morgan fingerprint density at radius 1 is 0.224 bits per heavy atom. The summed E-state index contributed by atoms with van der Waals surface area (Å²) in [5, 5.41) is 383. The highest BCUT2D eigenvalue weighted by Gasteiger charge is 2.64. The summed E-state index contributed by atoms with van der Waals surface area (Å²) >= 11 is 0. The summed E-state index contributed by atoms with van der Waals surface area (Å²) in [6, 6.07) is 0.145. The fraction of sp³-hybridized carbons (Fsp3) is 0.146. The van der Waals surface area contributed by atoms with Gasteiger partial charge in [0.2, 0.25) is 63.6 Å². The number of aromatic hydroxyl groups is 30. The Labute approximate surface area is 731 Å². The minimum absolute atomic E-state index is 0.00608. The number of carbonyl (C=O) groups is 10. The minimum Gasteiger partial charge on any atom is -0.504 e. The van der Waals surface area contributed by atoms with Gasteiger partial charge >= 0.3 is 59.7 Å². The minimum atomic E-state index is -4.77. The lowest BCUT2D eigenvalue weighted by Crippen LogP contribution is -2.62. The van der Waals surface area contributed by atoms with Crippen LogP contribution in [0, 0.1) is 0 Å². The summed E-state index contributed by atoms with van der Waals surface area (Å²) in [7, 11) is 0. The third kappa shape index (κ3) is 11.2. The molecular weight excluding hydrogens is 1820 g/mol. The van der Waals surface area contributed by atoms with E-state index in [1.807, 2.05) is 0 Å². The predicted molar refractivity (Wildman–Crippen MR) is 410 cm³/mol. The molecule has 10 atom stereocenters. The average molecular weight is 1870 g/mol. The van der Waals surface area contributed by atoms with E-state index in [0.717, 1.165) is 0 Å². The topological polar surface area (TPSA) is 910 Å². The van der Waals surface area contributed by atoms with Crippen molar-refractivity contribution in [3.8, 4) is 239 Å². The molecule has 0 radical (unpaired) electrons. The smallest absolute Gasteiger partial charge is 0.341 e. The molecule has 10 heterocycles. The van der Waals surface area contributed by atoms with Crippen LogP contribution in [0.5, 0.6) is 172 Å². The lowest BCUT2D eigenvalue weighted by molar-refractivity contribution is -0.268. The molecule has 32 N–H and O–H groups in total. The van der Waals surface area contributed by atoms with E-state index in [4.69, 9.17) is 47.4 Å². The number of esters is 10. The van der Waals surface area contributed by atoms with Crippen molar-refractivity contribution in [3.63, 3.8) is 0 Å². The van der Waals surface area contributed by atoms with Gasteiger partial charge in [0.25, 0.3) is 5.79 Å². The monoisotopic (exact) mass is 1870 g/mol. The van der Waals surface area contributed by atoms with Crippen molar-refractivity contribution in [2.45, 2.75) is 60.5 Å². The second-order valence-corrected chi connectivity index (χ2v) is 30.5. The van der Waals surface area contributed by atoms with Crippen LogP contribution in [0.3, 0.4) is 0 Å². The largest absolute Gasteiger partial charge is 0.504 e. The Bertz CT molecular complexity index is 7340. The number of hydrogen-bond donors (Lipinski definition) is 32. The van der Waals surface area contributed by atoms with Crippen molar-refractivity contribution >= 4 is 59.7 Å². The molecular formula is C82H50O52. The summed E-state index contributed by atoms with van der Waals surface area (Å²) < 4.78 is 57.8. The van der Waals surface area contributed by atoms with Gasteiger partial charge in [-0.3, -0.25) is 0 Å². The Balaban J connectivity index is 0.962. The molecule has 52 nitrogen and oxygen atoms in total. The van der Waals surface area contributed by atoms with Crippen molar-refractivity contribution in [3.05, 3.63) is 103 Å². The Morgan fingerprint density at radius 2 is 0.493 bits per heavy atom. The van der Waals surface area contributed by atoms with Gasteiger partial charge in [0, 0.05) is 83.5 Å². The van der Waals surface area contributed by atoms with Crippen molar-refractivity contribution in [1.29, 1.82) is 0 Å². The first-order valence-electron chi connectivity index (χ1n) is 37.3. The predicted octanol–water partition coefficient (Wildman–Crippen LogP) is 2.37. The van der Waals surface area contributed by atoms with Crippen LogP contribution in [0.1, 0.15) is 132 Å². The molecule has 10 aromatic carbocycles. The number of aliphatic hydroxyl groups is 2. The Kier molecular flexibility index (Phi) is 18.1. The standard InChI is InChI=1S/C82H50O52/c83-13-1-8-19(45(93)40(13)88)20-9(2-14(84)41(89)46(20)94)75(117)133-71-70-67-33(32-37(78(120)129-67)28(54(102)64(112)58(32)106)27-36(80(122)132-70)26(52(100)62(110)53(27)101)23-12(5-17(87)44(92)49(23)97)76(118)134-82(71,124)7-126-72(8)114)31-34-24(50(98)63(111)57(31)105)22-11(4-16(86)43(91)48(22)96)74(116)128-66-18(6-125-77(34)119)127-73(115)10-3-15(85)42(90)47(95)21(10)25-35-29(55(103)61(109)51(25)99)30-38-39(59(107)65(113)56(30)104)60(108)68(130-81(38)123)69(66)131-79(35)121/h1-5,18,33,60,66-71,83-113,124H,6-7H2. The van der Waals surface area contributed by atoms with Gasteiger partial charge in [0.15, 0.2) is 158 Å². The van der Waals surface area contributed by atoms with E-state index < -0.39 is 445 Å². The molecule has 10 aliphatic rings. The number of ether oxygens (including phenoxy) is 10. The maximum Gasteiger partial charge on any atom is 0.341 e. The number of hydrogen-bond acceptors (Lipinski definition) is 52. The second-order valence-electron chi connectivity index (χ2n) is 30.5. The molecule has 10 unspecified atom stereocenters. The van der Waals surface area contributed by atoms with Crippen LogP contribution in [0.2, 0.25) is 0 Å². The summed E-state index contributed by atoms with van der Waals surface area (Å²) in [4.78, 5) is 159. The number of phenols is 30. The van der Waals surface area contributed by atoms with Gasteiger partial charge in [-0.25, -0.2) is 47.9 Å². The zero-order chi connectivity index (χ0) is 97.2. The highest BCUT2D eigenvalue weighted by molar-refractivity contribution is 6.20. The van der Waals surface area contributed by atoms with E-state index in [-0.39, 0.29) is 30.3 Å². The fourth-order valence-electron chi connectivity index (χ4n) is 17.6. The number of benzene rings is 10. The van der Waals surface area contributed by atoms with Crippen LogP contribution in [-0.4, -0.2) is 285 Å². The van der Waals surface area contributed by atoms with Crippen LogP contribution in [-0.2, 0) is 47.4 Å². The molecule has 0 aromatic heterocycles. The molecule has 10 aliphatic heterocycles. The molecule has 0 saturated carbocycles. The first-order valence-corrected chi connectivity index (χ1v) is 37.3. The summed E-state index contributed by atoms with van der Waals surface area (Å²) in [6.07, 6.45) is -27.9. The fourth-order valence-corrected chi connectivity index (χ4v) is 17.6. The van der Waals surface area contributed by atoms with Crippen LogP contribution in [0.25, 0.3) is 66.8 Å². The molecule has 0 spiro atoms. The van der Waals surface area contributed by atoms with Gasteiger partial charge < -0.3 is 211 Å². The first-order chi connectivity index (χ1) is 62.9. The summed E-state index contributed by atoms with van der Waals surface area (Å²) in [6.45, 7) is -4.74. The van der Waals surface area contributed by atoms with Gasteiger partial charge in [-0.15, -0.1) is 0 Å². The number of rotatable bonds is 1. The van der Waals surface area contributed by atoms with E-state index >= 15 is 43.2 Å². The van der Waals surface area contributed by atoms with E-state index in [1.165, 1.54) is 0 Å². The molecule has 0 fully saturated rings. The number of aliphatic hydroxyl groups excluding tert-OH is 1. The van der Waals surface area contributed by atoms with Crippen molar-refractivity contribution in [2.75, 3.05) is 13.2 Å². The molecule has 0 saturated heterocycles. The first kappa shape index (κ1) is 85.6. The van der Waals surface area contributed by atoms with Crippen LogP contribution >= 0.6 is 0 Å². The molecule has 0 aliphatic carbocycles. The number of phenolic OH excluding ortho intramolecular Hbond substituents is 30. The number of carbonyl (C=O) groups excluding carboxylic acids is 10. The third-order valence-corrected chi connectivity index (χ3v) is 23.5. The van der Waals surface area contributed by atoms with Crippen LogP contribution < -0.4 is 0 Å². The highest BCUT2D eigenvalue weighted by atomic mass is 16.7. The van der Waals surface area contributed by atoms with E-state index in [1.54, 1.807) is 0 Å². The zero-order valence-electron chi connectivity index (χ0n) is 65.0.